The van der Waals surface area contributed by atoms with Crippen molar-refractivity contribution in [3.8, 4) is 5.75 Å². The summed E-state index contributed by atoms with van der Waals surface area (Å²) in [4.78, 5) is 48.7. The summed E-state index contributed by atoms with van der Waals surface area (Å²) in [5, 5.41) is 2.55. The van der Waals surface area contributed by atoms with Crippen LogP contribution in [0, 0.1) is 0 Å². The molecule has 3 amide bonds. The van der Waals surface area contributed by atoms with Crippen LogP contribution in [0.2, 0.25) is 0 Å². The maximum absolute atomic E-state index is 12.9. The number of thiazole rings is 1. The molecule has 3 aromatic rings. The normalized spacial score (nSPS) is 16.8. The Bertz CT molecular complexity index is 1350. The fraction of sp³-hybridized carbons (Fsp3) is 0.296. The molecule has 0 aliphatic carbocycles. The number of rotatable bonds is 6. The van der Waals surface area contributed by atoms with Gasteiger partial charge in [-0.2, -0.15) is 0 Å². The van der Waals surface area contributed by atoms with Crippen LogP contribution in [0.5, 0.6) is 5.75 Å². The minimum absolute atomic E-state index is 0.0323. The van der Waals surface area contributed by atoms with Crippen molar-refractivity contribution in [3.63, 3.8) is 0 Å². The van der Waals surface area contributed by atoms with Gasteiger partial charge in [0.15, 0.2) is 0 Å². The molecule has 190 valence electrons. The Morgan fingerprint density at radius 1 is 1.03 bits per heavy atom. The number of amides is 3. The molecule has 9 nitrogen and oxygen atoms in total. The van der Waals surface area contributed by atoms with Crippen LogP contribution in [-0.2, 0) is 4.79 Å². The molecule has 0 radical (unpaired) electrons. The van der Waals surface area contributed by atoms with Gasteiger partial charge in [-0.05, 0) is 36.6 Å². The zero-order valence-corrected chi connectivity index (χ0v) is 21.2. The van der Waals surface area contributed by atoms with Crippen LogP contribution in [0.15, 0.2) is 58.9 Å². The number of carbonyl (C=O) groups excluding carboxylic acids is 3. The predicted octanol–water partition coefficient (Wildman–Crippen LogP) is 3.82. The molecule has 3 heterocycles. The van der Waals surface area contributed by atoms with Crippen molar-refractivity contribution in [1.82, 2.24) is 20.7 Å². The van der Waals surface area contributed by atoms with Crippen LogP contribution in [0.3, 0.4) is 0 Å². The second kappa shape index (κ2) is 10.9. The van der Waals surface area contributed by atoms with E-state index >= 15 is 0 Å². The Kier molecular flexibility index (Phi) is 7.27. The predicted molar refractivity (Wildman–Crippen MR) is 141 cm³/mol. The number of ether oxygens (including phenoxy) is 1. The molecule has 0 bridgehead atoms. The van der Waals surface area contributed by atoms with E-state index < -0.39 is 11.8 Å². The van der Waals surface area contributed by atoms with Gasteiger partial charge in [-0.1, -0.05) is 30.3 Å². The number of carbonyl (C=O) groups is 3. The number of hydrogen-bond donors (Lipinski definition) is 2. The summed E-state index contributed by atoms with van der Waals surface area (Å²) >= 11 is 1.42. The standard InChI is InChI=1S/C27H27N5O4S/c1-36-23-9-5-3-7-20(23)25(34)30-31-26(35)22-16-37-27(29-22)17-10-12-32(13-11-17)24(33)14-18-15-28-21-8-4-2-6-19(18)21/h2-9,15-18H,10-14H2,1H3,(H,30,34)(H,31,35). The van der Waals surface area contributed by atoms with Crippen LogP contribution >= 0.6 is 11.3 Å². The molecule has 2 aromatic carbocycles. The lowest BCUT2D eigenvalue weighted by Crippen LogP contribution is -2.42. The highest BCUT2D eigenvalue weighted by atomic mass is 32.1. The lowest BCUT2D eigenvalue weighted by molar-refractivity contribution is -0.132. The molecule has 5 rings (SSSR count). The van der Waals surface area contributed by atoms with Gasteiger partial charge >= 0.3 is 0 Å². The van der Waals surface area contributed by atoms with Gasteiger partial charge in [-0.3, -0.25) is 30.2 Å². The fourth-order valence-electron chi connectivity index (χ4n) is 4.68. The number of benzene rings is 2. The van der Waals surface area contributed by atoms with Gasteiger partial charge in [0, 0.05) is 42.9 Å². The van der Waals surface area contributed by atoms with Crippen molar-refractivity contribution in [1.29, 1.82) is 0 Å². The van der Waals surface area contributed by atoms with Crippen LogP contribution in [0.4, 0.5) is 5.69 Å². The Morgan fingerprint density at radius 3 is 2.57 bits per heavy atom. The third kappa shape index (κ3) is 5.39. The first-order chi connectivity index (χ1) is 18.0. The summed E-state index contributed by atoms with van der Waals surface area (Å²) in [6.07, 6.45) is 3.88. The van der Waals surface area contributed by atoms with Gasteiger partial charge in [0.05, 0.1) is 23.4 Å². The molecule has 2 aliphatic heterocycles. The van der Waals surface area contributed by atoms with Gasteiger partial charge in [-0.15, -0.1) is 11.3 Å². The molecule has 0 saturated carbocycles. The van der Waals surface area contributed by atoms with Crippen molar-refractivity contribution in [3.05, 3.63) is 75.7 Å². The lowest BCUT2D eigenvalue weighted by atomic mass is 9.94. The van der Waals surface area contributed by atoms with Crippen molar-refractivity contribution < 1.29 is 19.1 Å². The number of para-hydroxylation sites is 2. The molecule has 10 heteroatoms. The first-order valence-corrected chi connectivity index (χ1v) is 13.0. The smallest absolute Gasteiger partial charge is 0.289 e. The largest absolute Gasteiger partial charge is 0.496 e. The summed E-state index contributed by atoms with van der Waals surface area (Å²) in [5.74, 6) is -0.201. The molecular formula is C27H27N5O4S. The number of aliphatic imine (C=N–C) groups is 1. The van der Waals surface area contributed by atoms with Gasteiger partial charge < -0.3 is 9.64 Å². The van der Waals surface area contributed by atoms with Crippen LogP contribution in [0.1, 0.15) is 62.5 Å². The van der Waals surface area contributed by atoms with Crippen LogP contribution < -0.4 is 15.6 Å². The molecule has 2 N–H and O–H groups in total. The number of fused-ring (bicyclic) bond motifs is 1. The number of nitrogens with one attached hydrogen (secondary N) is 2. The molecule has 1 fully saturated rings. The molecule has 0 spiro atoms. The molecule has 1 aromatic heterocycles. The molecule has 1 saturated heterocycles. The maximum atomic E-state index is 12.9. The monoisotopic (exact) mass is 517 g/mol. The zero-order chi connectivity index (χ0) is 25.8. The summed E-state index contributed by atoms with van der Waals surface area (Å²) < 4.78 is 5.18. The number of likely N-dealkylation sites (tertiary alicyclic amines) is 1. The van der Waals surface area contributed by atoms with E-state index in [1.54, 1.807) is 29.6 Å². The summed E-state index contributed by atoms with van der Waals surface area (Å²) in [5.41, 5.74) is 7.44. The van der Waals surface area contributed by atoms with E-state index in [2.05, 4.69) is 20.8 Å². The second-order valence-electron chi connectivity index (χ2n) is 8.98. The van der Waals surface area contributed by atoms with E-state index in [1.165, 1.54) is 18.4 Å². The van der Waals surface area contributed by atoms with E-state index in [9.17, 15) is 14.4 Å². The highest BCUT2D eigenvalue weighted by Crippen LogP contribution is 2.35. The Hall–Kier alpha value is -4.05. The van der Waals surface area contributed by atoms with Crippen molar-refractivity contribution in [2.75, 3.05) is 20.2 Å². The summed E-state index contributed by atoms with van der Waals surface area (Å²) in [7, 11) is 1.48. The Labute approximate surface area is 218 Å². The number of hydrogen-bond acceptors (Lipinski definition) is 7. The van der Waals surface area contributed by atoms with Gasteiger partial charge in [0.1, 0.15) is 11.4 Å². The molecule has 2 aliphatic rings. The van der Waals surface area contributed by atoms with E-state index in [-0.39, 0.29) is 23.4 Å². The van der Waals surface area contributed by atoms with Crippen molar-refractivity contribution >= 4 is 41.0 Å². The topological polar surface area (TPSA) is 113 Å². The van der Waals surface area contributed by atoms with E-state index in [0.717, 1.165) is 29.1 Å². The number of methoxy groups -OCH3 is 1. The zero-order valence-electron chi connectivity index (χ0n) is 20.3. The Balaban J connectivity index is 1.11. The average molecular weight is 518 g/mol. The van der Waals surface area contributed by atoms with E-state index in [1.807, 2.05) is 35.4 Å². The molecular weight excluding hydrogens is 490 g/mol. The third-order valence-corrected chi connectivity index (χ3v) is 7.72. The average Bonchev–Trinajstić information content (AvgIpc) is 3.60. The first kappa shape index (κ1) is 24.6. The minimum atomic E-state index is -0.489. The second-order valence-corrected chi connectivity index (χ2v) is 9.87. The highest BCUT2D eigenvalue weighted by molar-refractivity contribution is 7.09. The SMILES string of the molecule is COc1ccccc1C(=O)NNC(=O)c1csc(C2CCN(C(=O)CC3C=Nc4ccccc43)CC2)n1. The van der Waals surface area contributed by atoms with E-state index in [0.29, 0.717) is 30.8 Å². The first-order valence-electron chi connectivity index (χ1n) is 12.1. The number of piperidine rings is 1. The van der Waals surface area contributed by atoms with Gasteiger partial charge in [0.2, 0.25) is 5.91 Å². The third-order valence-electron chi connectivity index (χ3n) is 6.72. The maximum Gasteiger partial charge on any atom is 0.289 e. The van der Waals surface area contributed by atoms with Gasteiger partial charge in [0.25, 0.3) is 11.8 Å². The van der Waals surface area contributed by atoms with Crippen molar-refractivity contribution in [2.24, 2.45) is 4.99 Å². The Morgan fingerprint density at radius 2 is 1.76 bits per heavy atom. The lowest BCUT2D eigenvalue weighted by Gasteiger charge is -2.31. The minimum Gasteiger partial charge on any atom is -0.496 e. The fourth-order valence-corrected chi connectivity index (χ4v) is 5.65. The van der Waals surface area contributed by atoms with Gasteiger partial charge in [-0.25, -0.2) is 4.98 Å². The van der Waals surface area contributed by atoms with Crippen LogP contribution in [0.25, 0.3) is 0 Å². The van der Waals surface area contributed by atoms with Crippen molar-refractivity contribution in [2.45, 2.75) is 31.1 Å². The number of nitrogens with zero attached hydrogens (tertiary/aromatic N) is 3. The quantitative estimate of drug-likeness (QED) is 0.483. The highest BCUT2D eigenvalue weighted by Gasteiger charge is 2.29. The van der Waals surface area contributed by atoms with E-state index in [4.69, 9.17) is 4.74 Å². The van der Waals surface area contributed by atoms with Crippen LogP contribution in [-0.4, -0.2) is 54.0 Å². The summed E-state index contributed by atoms with van der Waals surface area (Å²) in [6.45, 7) is 1.32. The molecule has 1 unspecified atom stereocenters. The summed E-state index contributed by atoms with van der Waals surface area (Å²) in [6, 6.07) is 14.7. The molecule has 37 heavy (non-hydrogen) atoms. The number of hydrazine groups is 1. The number of aromatic nitrogens is 1. The molecule has 1 atom stereocenters.